The number of anilines is 1. The largest absolute Gasteiger partial charge is 0.382 e. The molecule has 6 nitrogen and oxygen atoms in total. The second-order valence-corrected chi connectivity index (χ2v) is 7.16. The van der Waals surface area contributed by atoms with Gasteiger partial charge in [0.25, 0.3) is 11.5 Å². The molecule has 6 heteroatoms. The van der Waals surface area contributed by atoms with E-state index in [1.165, 1.54) is 10.6 Å². The number of benzene rings is 2. The van der Waals surface area contributed by atoms with Gasteiger partial charge in [0, 0.05) is 30.4 Å². The van der Waals surface area contributed by atoms with Gasteiger partial charge in [0.05, 0.1) is 16.8 Å². The molecule has 0 saturated heterocycles. The third-order valence-corrected chi connectivity index (χ3v) is 5.19. The molecule has 0 radical (unpaired) electrons. The Hall–Kier alpha value is -3.77. The van der Waals surface area contributed by atoms with Crippen LogP contribution in [0.4, 0.5) is 5.69 Å². The minimum atomic E-state index is -0.910. The minimum Gasteiger partial charge on any atom is -0.382 e. The van der Waals surface area contributed by atoms with Crippen molar-refractivity contribution in [3.05, 3.63) is 106 Å². The summed E-state index contributed by atoms with van der Waals surface area (Å²) in [6.45, 7) is 1.87. The van der Waals surface area contributed by atoms with Crippen LogP contribution in [0.5, 0.6) is 0 Å². The number of hydrogen-bond acceptors (Lipinski definition) is 4. The SMILES string of the molecule is Cc1ccc(C(O)c2ccccn2)cc1NC(=O)c1cc(=O)n(C)c2ccccc12. The Morgan fingerprint density at radius 3 is 2.60 bits per heavy atom. The number of aliphatic hydroxyl groups excluding tert-OH is 1. The van der Waals surface area contributed by atoms with Crippen LogP contribution in [-0.4, -0.2) is 20.6 Å². The van der Waals surface area contributed by atoms with E-state index in [1.807, 2.05) is 43.3 Å². The van der Waals surface area contributed by atoms with Crippen LogP contribution in [0.1, 0.15) is 33.3 Å². The van der Waals surface area contributed by atoms with Crippen LogP contribution in [0.25, 0.3) is 10.9 Å². The molecule has 30 heavy (non-hydrogen) atoms. The van der Waals surface area contributed by atoms with E-state index in [1.54, 1.807) is 37.5 Å². The fourth-order valence-electron chi connectivity index (χ4n) is 3.44. The third kappa shape index (κ3) is 3.60. The molecule has 1 amide bonds. The first-order valence-corrected chi connectivity index (χ1v) is 9.55. The maximum absolute atomic E-state index is 13.1. The molecule has 4 aromatic rings. The van der Waals surface area contributed by atoms with E-state index in [-0.39, 0.29) is 11.5 Å². The first-order chi connectivity index (χ1) is 14.5. The maximum atomic E-state index is 13.1. The van der Waals surface area contributed by atoms with Crippen LogP contribution >= 0.6 is 0 Å². The zero-order chi connectivity index (χ0) is 21.3. The number of aliphatic hydroxyl groups is 1. The van der Waals surface area contributed by atoms with Crippen LogP contribution in [0.15, 0.2) is 77.7 Å². The highest BCUT2D eigenvalue weighted by atomic mass is 16.3. The molecule has 0 fully saturated rings. The molecule has 0 bridgehead atoms. The smallest absolute Gasteiger partial charge is 0.256 e. The summed E-state index contributed by atoms with van der Waals surface area (Å²) in [6, 6.07) is 19.3. The van der Waals surface area contributed by atoms with Crippen LogP contribution in [0.3, 0.4) is 0 Å². The lowest BCUT2D eigenvalue weighted by Gasteiger charge is -2.15. The van der Waals surface area contributed by atoms with Crippen molar-refractivity contribution in [2.24, 2.45) is 7.05 Å². The quantitative estimate of drug-likeness (QED) is 0.549. The van der Waals surface area contributed by atoms with E-state index in [9.17, 15) is 14.7 Å². The molecule has 2 N–H and O–H groups in total. The number of nitrogens with one attached hydrogen (secondary N) is 1. The molecule has 2 aromatic heterocycles. The maximum Gasteiger partial charge on any atom is 0.256 e. The Labute approximate surface area is 173 Å². The third-order valence-electron chi connectivity index (χ3n) is 5.19. The predicted molar refractivity (Wildman–Crippen MR) is 117 cm³/mol. The highest BCUT2D eigenvalue weighted by Gasteiger charge is 2.17. The number of rotatable bonds is 4. The molecule has 0 aliphatic carbocycles. The van der Waals surface area contributed by atoms with Crippen molar-refractivity contribution in [3.63, 3.8) is 0 Å². The van der Waals surface area contributed by atoms with Crippen molar-refractivity contribution in [3.8, 4) is 0 Å². The van der Waals surface area contributed by atoms with Gasteiger partial charge in [-0.05, 0) is 42.3 Å². The van der Waals surface area contributed by atoms with E-state index in [0.29, 0.717) is 33.4 Å². The standard InChI is InChI=1S/C24H21N3O3/c1-15-10-11-16(23(29)19-8-5-6-12-25-19)13-20(15)26-24(30)18-14-22(28)27(2)21-9-4-3-7-17(18)21/h3-14,23,29H,1-2H3,(H,26,30). The normalized spacial score (nSPS) is 12.0. The van der Waals surface area contributed by atoms with Gasteiger partial charge in [0.15, 0.2) is 0 Å². The monoisotopic (exact) mass is 399 g/mol. The van der Waals surface area contributed by atoms with E-state index in [2.05, 4.69) is 10.3 Å². The molecule has 1 atom stereocenters. The molecule has 0 aliphatic rings. The summed E-state index contributed by atoms with van der Waals surface area (Å²) >= 11 is 0. The molecule has 0 saturated carbocycles. The van der Waals surface area contributed by atoms with Gasteiger partial charge in [0.2, 0.25) is 0 Å². The predicted octanol–water partition coefficient (Wildman–Crippen LogP) is 3.58. The summed E-state index contributed by atoms with van der Waals surface area (Å²) in [5, 5.41) is 14.2. The number of aryl methyl sites for hydroxylation is 2. The lowest BCUT2D eigenvalue weighted by Crippen LogP contribution is -2.22. The molecule has 0 spiro atoms. The lowest BCUT2D eigenvalue weighted by atomic mass is 10.0. The number of para-hydroxylation sites is 1. The van der Waals surface area contributed by atoms with Crippen molar-refractivity contribution >= 4 is 22.5 Å². The van der Waals surface area contributed by atoms with Gasteiger partial charge in [-0.15, -0.1) is 0 Å². The second-order valence-electron chi connectivity index (χ2n) is 7.16. The van der Waals surface area contributed by atoms with Crippen LogP contribution < -0.4 is 10.9 Å². The Balaban J connectivity index is 1.70. The summed E-state index contributed by atoms with van der Waals surface area (Å²) in [5.74, 6) is -0.378. The molecular weight excluding hydrogens is 378 g/mol. The Bertz CT molecular complexity index is 1300. The first-order valence-electron chi connectivity index (χ1n) is 9.55. The topological polar surface area (TPSA) is 84.2 Å². The van der Waals surface area contributed by atoms with Crippen molar-refractivity contribution < 1.29 is 9.90 Å². The summed E-state index contributed by atoms with van der Waals surface area (Å²) in [6.07, 6.45) is 0.712. The highest BCUT2D eigenvalue weighted by molar-refractivity contribution is 6.12. The number of fused-ring (bicyclic) bond motifs is 1. The number of amides is 1. The summed E-state index contributed by atoms with van der Waals surface area (Å²) in [7, 11) is 1.68. The molecule has 4 rings (SSSR count). The van der Waals surface area contributed by atoms with Crippen molar-refractivity contribution in [2.45, 2.75) is 13.0 Å². The van der Waals surface area contributed by atoms with Gasteiger partial charge in [0.1, 0.15) is 6.10 Å². The van der Waals surface area contributed by atoms with E-state index in [0.717, 1.165) is 5.56 Å². The summed E-state index contributed by atoms with van der Waals surface area (Å²) < 4.78 is 1.52. The van der Waals surface area contributed by atoms with E-state index >= 15 is 0 Å². The Morgan fingerprint density at radius 1 is 1.07 bits per heavy atom. The Kier molecular flexibility index (Phi) is 5.16. The van der Waals surface area contributed by atoms with Gasteiger partial charge in [-0.25, -0.2) is 0 Å². The number of pyridine rings is 2. The van der Waals surface area contributed by atoms with Gasteiger partial charge in [-0.3, -0.25) is 14.6 Å². The zero-order valence-electron chi connectivity index (χ0n) is 16.7. The number of nitrogens with zero attached hydrogens (tertiary/aromatic N) is 2. The van der Waals surface area contributed by atoms with Crippen LogP contribution in [0.2, 0.25) is 0 Å². The van der Waals surface area contributed by atoms with Gasteiger partial charge < -0.3 is 15.0 Å². The molecule has 2 aromatic carbocycles. The van der Waals surface area contributed by atoms with Gasteiger partial charge in [-0.1, -0.05) is 36.4 Å². The van der Waals surface area contributed by atoms with Crippen molar-refractivity contribution in [1.29, 1.82) is 0 Å². The van der Waals surface area contributed by atoms with E-state index < -0.39 is 6.10 Å². The molecular formula is C24H21N3O3. The minimum absolute atomic E-state index is 0.255. The average molecular weight is 399 g/mol. The molecule has 2 heterocycles. The summed E-state index contributed by atoms with van der Waals surface area (Å²) in [5.41, 5.74) is 3.29. The molecule has 150 valence electrons. The van der Waals surface area contributed by atoms with Crippen LogP contribution in [0, 0.1) is 6.92 Å². The zero-order valence-corrected chi connectivity index (χ0v) is 16.7. The fourth-order valence-corrected chi connectivity index (χ4v) is 3.44. The number of carbonyl (C=O) groups excluding carboxylic acids is 1. The van der Waals surface area contributed by atoms with E-state index in [4.69, 9.17) is 0 Å². The van der Waals surface area contributed by atoms with Crippen molar-refractivity contribution in [1.82, 2.24) is 9.55 Å². The lowest BCUT2D eigenvalue weighted by molar-refractivity contribution is 0.102. The average Bonchev–Trinajstić information content (AvgIpc) is 2.77. The number of carbonyl (C=O) groups is 1. The first kappa shape index (κ1) is 19.5. The Morgan fingerprint density at radius 2 is 1.83 bits per heavy atom. The second kappa shape index (κ2) is 7.93. The van der Waals surface area contributed by atoms with Gasteiger partial charge >= 0.3 is 0 Å². The molecule has 0 aliphatic heterocycles. The number of aromatic nitrogens is 2. The summed E-state index contributed by atoms with van der Waals surface area (Å²) in [4.78, 5) is 29.6. The van der Waals surface area contributed by atoms with Gasteiger partial charge in [-0.2, -0.15) is 0 Å². The fraction of sp³-hybridized carbons (Fsp3) is 0.125. The van der Waals surface area contributed by atoms with Crippen LogP contribution in [-0.2, 0) is 7.05 Å². The highest BCUT2D eigenvalue weighted by Crippen LogP contribution is 2.26. The number of hydrogen-bond donors (Lipinski definition) is 2. The van der Waals surface area contributed by atoms with Crippen molar-refractivity contribution in [2.75, 3.05) is 5.32 Å². The molecule has 1 unspecified atom stereocenters.